The molecule has 7 nitrogen and oxygen atoms in total. The van der Waals surface area contributed by atoms with Crippen LogP contribution >= 0.6 is 22.9 Å². The van der Waals surface area contributed by atoms with E-state index in [0.29, 0.717) is 35.4 Å². The summed E-state index contributed by atoms with van der Waals surface area (Å²) in [6.45, 7) is 4.87. The van der Waals surface area contributed by atoms with Crippen LogP contribution in [-0.4, -0.2) is 32.7 Å². The number of halogens is 1. The van der Waals surface area contributed by atoms with Crippen molar-refractivity contribution in [2.24, 2.45) is 0 Å². The minimum Gasteiger partial charge on any atom is -0.494 e. The molecule has 5 rings (SSSR count). The lowest BCUT2D eigenvalue weighted by molar-refractivity contribution is -0.117. The van der Waals surface area contributed by atoms with Gasteiger partial charge in [-0.2, -0.15) is 0 Å². The maximum Gasteiger partial charge on any atom is 0.256 e. The van der Waals surface area contributed by atoms with Crippen molar-refractivity contribution in [3.8, 4) is 5.75 Å². The third kappa shape index (κ3) is 5.14. The molecule has 2 N–H and O–H groups in total. The van der Waals surface area contributed by atoms with Crippen molar-refractivity contribution in [3.05, 3.63) is 57.0 Å². The first-order chi connectivity index (χ1) is 17.0. The molecule has 184 valence electrons. The van der Waals surface area contributed by atoms with Crippen molar-refractivity contribution < 1.29 is 9.53 Å². The van der Waals surface area contributed by atoms with Gasteiger partial charge in [-0.05, 0) is 49.8 Å². The van der Waals surface area contributed by atoms with E-state index in [1.54, 1.807) is 11.3 Å². The van der Waals surface area contributed by atoms with Crippen molar-refractivity contribution in [3.63, 3.8) is 0 Å². The van der Waals surface area contributed by atoms with Gasteiger partial charge in [0, 0.05) is 28.1 Å². The van der Waals surface area contributed by atoms with Crippen LogP contribution in [0.1, 0.15) is 86.0 Å². The van der Waals surface area contributed by atoms with Gasteiger partial charge < -0.3 is 15.0 Å². The number of hydrogen-bond acceptors (Lipinski definition) is 6. The van der Waals surface area contributed by atoms with E-state index < -0.39 is 5.54 Å². The molecule has 1 saturated carbocycles. The second-order valence-corrected chi connectivity index (χ2v) is 11.0. The summed E-state index contributed by atoms with van der Waals surface area (Å²) >= 11 is 8.42. The fourth-order valence-corrected chi connectivity index (χ4v) is 6.11. The zero-order valence-electron chi connectivity index (χ0n) is 20.1. The largest absolute Gasteiger partial charge is 0.494 e. The number of carbonyl (C=O) groups excluding carboxylic acids is 1. The van der Waals surface area contributed by atoms with Gasteiger partial charge >= 0.3 is 0 Å². The molecule has 1 aromatic carbocycles. The number of ether oxygens (including phenoxy) is 1. The van der Waals surface area contributed by atoms with Crippen LogP contribution in [0.3, 0.4) is 0 Å². The molecule has 0 spiro atoms. The van der Waals surface area contributed by atoms with Crippen LogP contribution in [0.5, 0.6) is 5.75 Å². The molecule has 35 heavy (non-hydrogen) atoms. The lowest BCUT2D eigenvalue weighted by Crippen LogP contribution is -2.47. The molecule has 1 atom stereocenters. The topological polar surface area (TPSA) is 92.8 Å². The van der Waals surface area contributed by atoms with Gasteiger partial charge in [0.25, 0.3) is 5.91 Å². The average molecular weight is 512 g/mol. The van der Waals surface area contributed by atoms with Crippen molar-refractivity contribution in [1.82, 2.24) is 25.5 Å². The molecule has 0 radical (unpaired) electrons. The minimum absolute atomic E-state index is 0.221. The first-order valence-corrected chi connectivity index (χ1v) is 13.5. The summed E-state index contributed by atoms with van der Waals surface area (Å²) in [4.78, 5) is 22.5. The highest BCUT2D eigenvalue weighted by Gasteiger charge is 2.41. The SMILES string of the molecule is CCCCCCOc1ccc([C@]2(C)CC(c3ncc(C4CC4)s3)=C(c3nnc[nH]3)C(=O)N2)c(Cl)c1. The smallest absolute Gasteiger partial charge is 0.256 e. The Hall–Kier alpha value is -2.71. The zero-order valence-corrected chi connectivity index (χ0v) is 21.6. The number of hydrogen-bond donors (Lipinski definition) is 2. The van der Waals surface area contributed by atoms with Crippen molar-refractivity contribution >= 4 is 40.0 Å². The molecule has 1 aliphatic carbocycles. The van der Waals surface area contributed by atoms with E-state index in [2.05, 4.69) is 27.4 Å². The van der Waals surface area contributed by atoms with Crippen LogP contribution in [0.25, 0.3) is 11.1 Å². The Labute approximate surface area is 214 Å². The fraction of sp³-hybridized carbons (Fsp3) is 0.462. The van der Waals surface area contributed by atoms with Crippen molar-refractivity contribution in [1.29, 1.82) is 0 Å². The van der Waals surface area contributed by atoms with E-state index in [0.717, 1.165) is 34.7 Å². The van der Waals surface area contributed by atoms with Crippen LogP contribution in [0.15, 0.2) is 30.7 Å². The van der Waals surface area contributed by atoms with Crippen LogP contribution in [0, 0.1) is 0 Å². The Bertz CT molecular complexity index is 1230. The van der Waals surface area contributed by atoms with Gasteiger partial charge in [0.05, 0.1) is 17.7 Å². The number of carbonyl (C=O) groups is 1. The van der Waals surface area contributed by atoms with Crippen LogP contribution < -0.4 is 10.1 Å². The van der Waals surface area contributed by atoms with Crippen LogP contribution in [0.2, 0.25) is 5.02 Å². The molecule has 2 aliphatic rings. The molecule has 9 heteroatoms. The summed E-state index contributed by atoms with van der Waals surface area (Å²) in [6, 6.07) is 5.74. The molecule has 3 aromatic rings. The summed E-state index contributed by atoms with van der Waals surface area (Å²) < 4.78 is 5.91. The highest BCUT2D eigenvalue weighted by molar-refractivity contribution is 7.13. The molecular formula is C26H30ClN5O2S. The van der Waals surface area contributed by atoms with Crippen LogP contribution in [-0.2, 0) is 10.3 Å². The van der Waals surface area contributed by atoms with Crippen molar-refractivity contribution in [2.75, 3.05) is 6.61 Å². The number of aromatic nitrogens is 4. The van der Waals surface area contributed by atoms with E-state index in [1.165, 1.54) is 36.9 Å². The standard InChI is InChI=1S/C26H30ClN5O2S/c1-3-4-5-6-11-34-17-9-10-19(20(27)12-17)26(2)13-18(25-28-14-21(35-25)16-7-8-16)22(24(33)31-26)23-29-15-30-32-23/h9-10,12,14-16H,3-8,11,13H2,1-2H3,(H,31,33)(H,29,30,32)/t26-/m0/s1. The summed E-state index contributed by atoms with van der Waals surface area (Å²) in [6.07, 6.45) is 11.0. The van der Waals surface area contributed by atoms with E-state index in [4.69, 9.17) is 21.3 Å². The second kappa shape index (κ2) is 10.1. The lowest BCUT2D eigenvalue weighted by atomic mass is 9.80. The summed E-state index contributed by atoms with van der Waals surface area (Å²) in [7, 11) is 0. The third-order valence-corrected chi connectivity index (χ3v) is 8.20. The van der Waals surface area contributed by atoms with E-state index in [1.807, 2.05) is 31.3 Å². The highest BCUT2D eigenvalue weighted by atomic mass is 35.5. The molecule has 3 heterocycles. The van der Waals surface area contributed by atoms with Crippen LogP contribution in [0.4, 0.5) is 0 Å². The normalized spacial score (nSPS) is 20.3. The summed E-state index contributed by atoms with van der Waals surface area (Å²) in [5, 5.41) is 12.6. The lowest BCUT2D eigenvalue weighted by Gasteiger charge is -2.37. The molecule has 0 unspecified atom stereocenters. The van der Waals surface area contributed by atoms with Gasteiger partial charge in [0.1, 0.15) is 17.1 Å². The van der Waals surface area contributed by atoms with Crippen molar-refractivity contribution in [2.45, 2.75) is 70.3 Å². The van der Waals surface area contributed by atoms with Gasteiger partial charge in [0.2, 0.25) is 0 Å². The van der Waals surface area contributed by atoms with Gasteiger partial charge in [-0.3, -0.25) is 4.79 Å². The molecule has 0 saturated heterocycles. The highest BCUT2D eigenvalue weighted by Crippen LogP contribution is 2.47. The Morgan fingerprint density at radius 3 is 2.83 bits per heavy atom. The fourth-order valence-electron chi connectivity index (χ4n) is 4.59. The zero-order chi connectivity index (χ0) is 24.4. The maximum atomic E-state index is 13.5. The van der Waals surface area contributed by atoms with E-state index >= 15 is 0 Å². The predicted octanol–water partition coefficient (Wildman–Crippen LogP) is 6.10. The summed E-state index contributed by atoms with van der Waals surface area (Å²) in [5.74, 6) is 1.57. The number of aromatic amines is 1. The number of rotatable bonds is 10. The number of H-pyrrole nitrogens is 1. The van der Waals surface area contributed by atoms with Gasteiger partial charge in [-0.15, -0.1) is 21.5 Å². The average Bonchev–Trinajstić information content (AvgIpc) is 3.32. The Morgan fingerprint density at radius 2 is 2.11 bits per heavy atom. The predicted molar refractivity (Wildman–Crippen MR) is 138 cm³/mol. The number of benzene rings is 1. The quantitative estimate of drug-likeness (QED) is 0.321. The molecule has 2 aromatic heterocycles. The Kier molecular flexibility index (Phi) is 6.93. The molecular weight excluding hydrogens is 482 g/mol. The first-order valence-electron chi connectivity index (χ1n) is 12.3. The molecule has 1 aliphatic heterocycles. The second-order valence-electron chi connectivity index (χ2n) is 9.55. The third-order valence-electron chi connectivity index (χ3n) is 6.67. The van der Waals surface area contributed by atoms with E-state index in [9.17, 15) is 4.79 Å². The van der Waals surface area contributed by atoms with Gasteiger partial charge in [0.15, 0.2) is 5.82 Å². The minimum atomic E-state index is -0.710. The number of amides is 1. The number of thiazole rings is 1. The molecule has 1 fully saturated rings. The Balaban J connectivity index is 1.44. The van der Waals surface area contributed by atoms with E-state index in [-0.39, 0.29) is 5.91 Å². The number of unbranched alkanes of at least 4 members (excludes halogenated alkanes) is 3. The monoisotopic (exact) mass is 511 g/mol. The summed E-state index contributed by atoms with van der Waals surface area (Å²) in [5.41, 5.74) is 1.48. The number of nitrogens with one attached hydrogen (secondary N) is 2. The molecule has 0 bridgehead atoms. The number of nitrogens with zero attached hydrogens (tertiary/aromatic N) is 3. The first kappa shape index (κ1) is 24.0. The molecule has 1 amide bonds. The maximum absolute atomic E-state index is 13.5. The van der Waals surface area contributed by atoms with Gasteiger partial charge in [-0.25, -0.2) is 4.98 Å². The van der Waals surface area contributed by atoms with Gasteiger partial charge in [-0.1, -0.05) is 43.9 Å². The Morgan fingerprint density at radius 1 is 1.26 bits per heavy atom.